The van der Waals surface area contributed by atoms with Crippen LogP contribution >= 0.6 is 11.3 Å². The molecule has 0 saturated heterocycles. The lowest BCUT2D eigenvalue weighted by molar-refractivity contribution is 0.0938. The fraction of sp³-hybridized carbons (Fsp3) is 0.188. The fourth-order valence-electron chi connectivity index (χ4n) is 2.25. The first kappa shape index (κ1) is 14.5. The number of carbonyl (C=O) groups is 1. The van der Waals surface area contributed by atoms with Crippen molar-refractivity contribution in [3.8, 4) is 0 Å². The molecule has 1 amide bonds. The lowest BCUT2D eigenvalue weighted by atomic mass is 10.1. The Balaban J connectivity index is 1.89. The van der Waals surface area contributed by atoms with E-state index in [1.165, 1.54) is 21.9 Å². The van der Waals surface area contributed by atoms with Crippen LogP contribution < -0.4 is 10.9 Å². The number of aryl methyl sites for hydroxylation is 1. The molecule has 6 heteroatoms. The average Bonchev–Trinajstić information content (AvgIpc) is 2.90. The second-order valence-electron chi connectivity index (χ2n) is 5.08. The van der Waals surface area contributed by atoms with E-state index in [1.807, 2.05) is 44.2 Å². The van der Waals surface area contributed by atoms with Crippen LogP contribution in [0.4, 0.5) is 0 Å². The molecule has 0 radical (unpaired) electrons. The van der Waals surface area contributed by atoms with Gasteiger partial charge in [0, 0.05) is 17.3 Å². The molecule has 0 aliphatic rings. The fourth-order valence-corrected chi connectivity index (χ4v) is 3.04. The maximum atomic E-state index is 12.4. The lowest BCUT2D eigenvalue weighted by Crippen LogP contribution is -2.32. The van der Waals surface area contributed by atoms with Crippen LogP contribution in [0.5, 0.6) is 0 Å². The highest BCUT2D eigenvalue weighted by atomic mass is 32.1. The van der Waals surface area contributed by atoms with E-state index in [-0.39, 0.29) is 17.2 Å². The van der Waals surface area contributed by atoms with Crippen molar-refractivity contribution < 1.29 is 4.79 Å². The van der Waals surface area contributed by atoms with Gasteiger partial charge in [-0.15, -0.1) is 11.3 Å². The Morgan fingerprint density at radius 1 is 1.32 bits per heavy atom. The van der Waals surface area contributed by atoms with E-state index < -0.39 is 5.91 Å². The summed E-state index contributed by atoms with van der Waals surface area (Å²) >= 11 is 1.42. The molecule has 1 aromatic carbocycles. The third-order valence-electron chi connectivity index (χ3n) is 3.41. The highest BCUT2D eigenvalue weighted by molar-refractivity contribution is 7.16. The molecule has 1 unspecified atom stereocenters. The molecule has 1 N–H and O–H groups in total. The molecule has 1 atom stereocenters. The van der Waals surface area contributed by atoms with E-state index in [4.69, 9.17) is 0 Å². The maximum absolute atomic E-state index is 12.4. The number of nitrogens with one attached hydrogen (secondary N) is 1. The topological polar surface area (TPSA) is 63.5 Å². The third-order valence-corrected chi connectivity index (χ3v) is 4.33. The van der Waals surface area contributed by atoms with Crippen LogP contribution in [-0.4, -0.2) is 15.3 Å². The molecular formula is C16H15N3O2S. The summed E-state index contributed by atoms with van der Waals surface area (Å²) in [7, 11) is 0. The second-order valence-corrected chi connectivity index (χ2v) is 6.29. The van der Waals surface area contributed by atoms with E-state index in [9.17, 15) is 9.59 Å². The minimum Gasteiger partial charge on any atom is -0.345 e. The highest BCUT2D eigenvalue weighted by Crippen LogP contribution is 2.14. The van der Waals surface area contributed by atoms with Crippen LogP contribution in [0.25, 0.3) is 4.96 Å². The van der Waals surface area contributed by atoms with Gasteiger partial charge in [-0.3, -0.25) is 14.0 Å². The summed E-state index contributed by atoms with van der Waals surface area (Å²) in [5.41, 5.74) is 0.696. The first-order valence-corrected chi connectivity index (χ1v) is 7.71. The van der Waals surface area contributed by atoms with Gasteiger partial charge in [0.1, 0.15) is 5.56 Å². The predicted octanol–water partition coefficient (Wildman–Crippen LogP) is 2.56. The lowest BCUT2D eigenvalue weighted by Gasteiger charge is -2.13. The molecule has 22 heavy (non-hydrogen) atoms. The van der Waals surface area contributed by atoms with Crippen molar-refractivity contribution >= 4 is 22.2 Å². The molecule has 0 fully saturated rings. The first-order chi connectivity index (χ1) is 10.6. The molecule has 5 nitrogen and oxygen atoms in total. The van der Waals surface area contributed by atoms with Gasteiger partial charge in [0.05, 0.1) is 6.04 Å². The van der Waals surface area contributed by atoms with Crippen LogP contribution in [0.1, 0.15) is 33.8 Å². The molecule has 0 bridgehead atoms. The van der Waals surface area contributed by atoms with Gasteiger partial charge in [-0.05, 0) is 19.4 Å². The van der Waals surface area contributed by atoms with Crippen molar-refractivity contribution in [2.24, 2.45) is 0 Å². The monoisotopic (exact) mass is 313 g/mol. The molecule has 3 rings (SSSR count). The zero-order chi connectivity index (χ0) is 15.7. The quantitative estimate of drug-likeness (QED) is 0.808. The van der Waals surface area contributed by atoms with Crippen LogP contribution in [0.3, 0.4) is 0 Å². The Labute approximate surface area is 131 Å². The zero-order valence-electron chi connectivity index (χ0n) is 12.2. The summed E-state index contributed by atoms with van der Waals surface area (Å²) in [6.45, 7) is 3.78. The van der Waals surface area contributed by atoms with Gasteiger partial charge in [0.2, 0.25) is 0 Å². The van der Waals surface area contributed by atoms with Crippen molar-refractivity contribution in [3.05, 3.63) is 69.1 Å². The molecule has 0 aliphatic carbocycles. The second kappa shape index (κ2) is 5.73. The summed E-state index contributed by atoms with van der Waals surface area (Å²) in [4.78, 5) is 30.5. The number of fused-ring (bicyclic) bond motifs is 1. The minimum absolute atomic E-state index is 0.0538. The molecular weight excluding hydrogens is 298 g/mol. The predicted molar refractivity (Wildman–Crippen MR) is 86.4 cm³/mol. The highest BCUT2D eigenvalue weighted by Gasteiger charge is 2.17. The number of benzene rings is 1. The average molecular weight is 313 g/mol. The smallest absolute Gasteiger partial charge is 0.271 e. The van der Waals surface area contributed by atoms with Crippen molar-refractivity contribution in [1.29, 1.82) is 0 Å². The Bertz CT molecular complexity index is 883. The van der Waals surface area contributed by atoms with Crippen LogP contribution in [-0.2, 0) is 0 Å². The van der Waals surface area contributed by atoms with Gasteiger partial charge in [-0.25, -0.2) is 4.98 Å². The van der Waals surface area contributed by atoms with E-state index in [2.05, 4.69) is 10.3 Å². The Morgan fingerprint density at radius 2 is 2.05 bits per heavy atom. The van der Waals surface area contributed by atoms with E-state index in [0.717, 1.165) is 10.4 Å². The van der Waals surface area contributed by atoms with Gasteiger partial charge in [-0.2, -0.15) is 0 Å². The number of carbonyl (C=O) groups excluding carboxylic acids is 1. The first-order valence-electron chi connectivity index (χ1n) is 6.90. The summed E-state index contributed by atoms with van der Waals surface area (Å²) in [5.74, 6) is -0.410. The standard InChI is InChI=1S/C16H15N3O2S/c1-10-9-19-15(21)13(8-17-16(19)22-10)14(20)18-11(2)12-6-4-3-5-7-12/h3-9,11H,1-2H3,(H,18,20). The van der Waals surface area contributed by atoms with Crippen LogP contribution in [0, 0.1) is 6.92 Å². The SMILES string of the molecule is Cc1cn2c(=O)c(C(=O)NC(C)c3ccccc3)cnc2s1. The van der Waals surface area contributed by atoms with Crippen LogP contribution in [0.15, 0.2) is 47.5 Å². The minimum atomic E-state index is -0.410. The van der Waals surface area contributed by atoms with Crippen molar-refractivity contribution in [2.75, 3.05) is 0 Å². The zero-order valence-corrected chi connectivity index (χ0v) is 13.1. The molecule has 112 valence electrons. The summed E-state index contributed by atoms with van der Waals surface area (Å²) in [6, 6.07) is 9.42. The van der Waals surface area contributed by atoms with Gasteiger partial charge in [-0.1, -0.05) is 30.3 Å². The van der Waals surface area contributed by atoms with E-state index in [1.54, 1.807) is 6.20 Å². The van der Waals surface area contributed by atoms with Crippen molar-refractivity contribution in [3.63, 3.8) is 0 Å². The number of nitrogens with zero attached hydrogens (tertiary/aromatic N) is 2. The largest absolute Gasteiger partial charge is 0.345 e. The Morgan fingerprint density at radius 3 is 2.77 bits per heavy atom. The van der Waals surface area contributed by atoms with Crippen molar-refractivity contribution in [1.82, 2.24) is 14.7 Å². The van der Waals surface area contributed by atoms with Crippen LogP contribution in [0.2, 0.25) is 0 Å². The van der Waals surface area contributed by atoms with E-state index in [0.29, 0.717) is 4.96 Å². The number of hydrogen-bond donors (Lipinski definition) is 1. The normalized spacial score (nSPS) is 12.3. The molecule has 0 aliphatic heterocycles. The van der Waals surface area contributed by atoms with Gasteiger partial charge >= 0.3 is 0 Å². The molecule has 3 aromatic rings. The molecule has 0 saturated carbocycles. The maximum Gasteiger partial charge on any atom is 0.271 e. The summed E-state index contributed by atoms with van der Waals surface area (Å²) in [6.07, 6.45) is 3.05. The summed E-state index contributed by atoms with van der Waals surface area (Å²) in [5, 5.41) is 2.84. The van der Waals surface area contributed by atoms with E-state index >= 15 is 0 Å². The molecule has 2 heterocycles. The van der Waals surface area contributed by atoms with Gasteiger partial charge in [0.15, 0.2) is 4.96 Å². The number of amides is 1. The van der Waals surface area contributed by atoms with Crippen molar-refractivity contribution in [2.45, 2.75) is 19.9 Å². The summed E-state index contributed by atoms with van der Waals surface area (Å²) < 4.78 is 1.42. The van der Waals surface area contributed by atoms with Gasteiger partial charge < -0.3 is 5.32 Å². The number of thiazole rings is 1. The Hall–Kier alpha value is -2.47. The Kier molecular flexibility index (Phi) is 3.77. The number of aromatic nitrogens is 2. The number of rotatable bonds is 3. The molecule has 2 aromatic heterocycles. The third kappa shape index (κ3) is 2.65. The number of hydrogen-bond acceptors (Lipinski definition) is 4. The molecule has 0 spiro atoms. The van der Waals surface area contributed by atoms with Gasteiger partial charge in [0.25, 0.3) is 11.5 Å².